The third kappa shape index (κ3) is 2.94. The molecule has 1 aliphatic heterocycles. The summed E-state index contributed by atoms with van der Waals surface area (Å²) in [6.45, 7) is 4.19. The summed E-state index contributed by atoms with van der Waals surface area (Å²) in [5.74, 6) is 0.952. The molecule has 0 fully saturated rings. The minimum Gasteiger partial charge on any atom is -0.487 e. The van der Waals surface area contributed by atoms with Crippen LogP contribution in [0.1, 0.15) is 35.9 Å². The Bertz CT molecular complexity index is 697. The second-order valence-electron chi connectivity index (χ2n) is 5.91. The summed E-state index contributed by atoms with van der Waals surface area (Å²) in [4.78, 5) is 0. The fourth-order valence-electron chi connectivity index (χ4n) is 2.68. The van der Waals surface area contributed by atoms with Gasteiger partial charge in [-0.3, -0.25) is 0 Å². The van der Waals surface area contributed by atoms with Gasteiger partial charge in [-0.2, -0.15) is 0 Å². The Morgan fingerprint density at radius 1 is 1.24 bits per heavy atom. The van der Waals surface area contributed by atoms with Crippen LogP contribution in [0.3, 0.4) is 0 Å². The highest BCUT2D eigenvalue weighted by atomic mass is 79.9. The van der Waals surface area contributed by atoms with Crippen LogP contribution in [0, 0.1) is 0 Å². The van der Waals surface area contributed by atoms with Crippen LogP contribution in [0.25, 0.3) is 0 Å². The van der Waals surface area contributed by atoms with E-state index < -0.39 is 0 Å². The molecule has 21 heavy (non-hydrogen) atoms. The number of ether oxygens (including phenoxy) is 1. The monoisotopic (exact) mass is 384 g/mol. The predicted molar refractivity (Wildman–Crippen MR) is 91.7 cm³/mol. The van der Waals surface area contributed by atoms with Crippen molar-refractivity contribution in [3.05, 3.63) is 62.6 Å². The van der Waals surface area contributed by atoms with Crippen LogP contribution < -0.4 is 4.74 Å². The first-order valence-electron chi connectivity index (χ1n) is 6.77. The van der Waals surface area contributed by atoms with E-state index >= 15 is 0 Å². The van der Waals surface area contributed by atoms with Gasteiger partial charge in [0.15, 0.2) is 0 Å². The molecule has 3 rings (SSSR count). The van der Waals surface area contributed by atoms with Crippen molar-refractivity contribution < 1.29 is 4.74 Å². The molecule has 0 saturated heterocycles. The van der Waals surface area contributed by atoms with Crippen molar-refractivity contribution in [2.45, 2.75) is 31.2 Å². The Hall–Kier alpha value is -0.700. The third-order valence-corrected chi connectivity index (χ3v) is 5.43. The number of alkyl halides is 1. The number of hydrogen-bond donors (Lipinski definition) is 0. The van der Waals surface area contributed by atoms with Gasteiger partial charge in [-0.15, -0.1) is 11.6 Å². The molecular weight excluding hydrogens is 371 g/mol. The molecule has 0 amide bonds. The quantitative estimate of drug-likeness (QED) is 0.563. The zero-order valence-electron chi connectivity index (χ0n) is 11.8. The summed E-state index contributed by atoms with van der Waals surface area (Å²) < 4.78 is 6.76. The summed E-state index contributed by atoms with van der Waals surface area (Å²) >= 11 is 16.4. The van der Waals surface area contributed by atoms with Crippen LogP contribution >= 0.6 is 39.1 Å². The van der Waals surface area contributed by atoms with E-state index in [4.69, 9.17) is 27.9 Å². The highest BCUT2D eigenvalue weighted by molar-refractivity contribution is 9.10. The van der Waals surface area contributed by atoms with Crippen molar-refractivity contribution in [3.8, 4) is 5.75 Å². The van der Waals surface area contributed by atoms with Crippen molar-refractivity contribution in [1.29, 1.82) is 0 Å². The number of halogens is 3. The van der Waals surface area contributed by atoms with Gasteiger partial charge >= 0.3 is 0 Å². The molecule has 0 radical (unpaired) electrons. The Morgan fingerprint density at radius 3 is 2.76 bits per heavy atom. The molecule has 0 N–H and O–H groups in total. The van der Waals surface area contributed by atoms with Gasteiger partial charge in [-0.1, -0.05) is 35.9 Å². The van der Waals surface area contributed by atoms with Crippen LogP contribution in [0.5, 0.6) is 5.75 Å². The maximum absolute atomic E-state index is 6.64. The first kappa shape index (κ1) is 15.2. The minimum atomic E-state index is -0.274. The second-order valence-corrected chi connectivity index (χ2v) is 7.58. The molecule has 1 aliphatic rings. The van der Waals surface area contributed by atoms with Crippen LogP contribution in [0.4, 0.5) is 0 Å². The Balaban J connectivity index is 1.97. The average Bonchev–Trinajstić information content (AvgIpc) is 2.73. The lowest BCUT2D eigenvalue weighted by Gasteiger charge is -2.16. The lowest BCUT2D eigenvalue weighted by Crippen LogP contribution is -2.24. The Labute approximate surface area is 143 Å². The van der Waals surface area contributed by atoms with Crippen LogP contribution in [-0.4, -0.2) is 5.60 Å². The highest BCUT2D eigenvalue weighted by Gasteiger charge is 2.30. The van der Waals surface area contributed by atoms with E-state index in [0.29, 0.717) is 5.02 Å². The highest BCUT2D eigenvalue weighted by Crippen LogP contribution is 2.41. The SMILES string of the molecule is CC1(C)Cc2cc(C(Cl)c3cccc(Br)c3Cl)ccc2O1. The van der Waals surface area contributed by atoms with Crippen molar-refractivity contribution in [1.82, 2.24) is 0 Å². The van der Waals surface area contributed by atoms with Crippen molar-refractivity contribution in [3.63, 3.8) is 0 Å². The predicted octanol–water partition coefficient (Wildman–Crippen LogP) is 6.14. The van der Waals surface area contributed by atoms with E-state index in [9.17, 15) is 0 Å². The lowest BCUT2D eigenvalue weighted by molar-refractivity contribution is 0.138. The molecule has 0 spiro atoms. The molecule has 110 valence electrons. The van der Waals surface area contributed by atoms with Gasteiger partial charge in [0.05, 0.1) is 10.4 Å². The van der Waals surface area contributed by atoms with Crippen molar-refractivity contribution in [2.24, 2.45) is 0 Å². The lowest BCUT2D eigenvalue weighted by atomic mass is 9.97. The molecule has 1 nitrogen and oxygen atoms in total. The summed E-state index contributed by atoms with van der Waals surface area (Å²) in [5, 5.41) is 0.388. The maximum Gasteiger partial charge on any atom is 0.123 e. The smallest absolute Gasteiger partial charge is 0.123 e. The van der Waals surface area contributed by atoms with Gasteiger partial charge in [0.25, 0.3) is 0 Å². The first-order valence-corrected chi connectivity index (χ1v) is 8.38. The molecule has 2 aromatic rings. The van der Waals surface area contributed by atoms with E-state index in [1.165, 1.54) is 5.56 Å². The number of rotatable bonds is 2. The molecule has 2 aromatic carbocycles. The average molecular weight is 386 g/mol. The summed E-state index contributed by atoms with van der Waals surface area (Å²) in [6, 6.07) is 11.9. The van der Waals surface area contributed by atoms with Gasteiger partial charge in [0.1, 0.15) is 11.4 Å². The third-order valence-electron chi connectivity index (χ3n) is 3.63. The van der Waals surface area contributed by atoms with Gasteiger partial charge in [-0.25, -0.2) is 0 Å². The molecule has 0 bridgehead atoms. The van der Waals surface area contributed by atoms with E-state index in [1.54, 1.807) is 0 Å². The molecule has 0 aromatic heterocycles. The summed E-state index contributed by atoms with van der Waals surface area (Å²) in [7, 11) is 0. The van der Waals surface area contributed by atoms with E-state index in [2.05, 4.69) is 35.8 Å². The zero-order valence-corrected chi connectivity index (χ0v) is 14.9. The summed E-state index contributed by atoms with van der Waals surface area (Å²) in [6.07, 6.45) is 0.895. The molecule has 4 heteroatoms. The van der Waals surface area contributed by atoms with Crippen LogP contribution in [0.15, 0.2) is 40.9 Å². The zero-order chi connectivity index (χ0) is 15.2. The van der Waals surface area contributed by atoms with Gasteiger partial charge in [0.2, 0.25) is 0 Å². The maximum atomic E-state index is 6.64. The molecule has 1 atom stereocenters. The standard InChI is InChI=1S/C17H15BrCl2O/c1-17(2)9-11-8-10(6-7-14(11)21-17)15(19)12-4-3-5-13(18)16(12)20/h3-8,15H,9H2,1-2H3. The molecular formula is C17H15BrCl2O. The molecule has 0 aliphatic carbocycles. The molecule has 1 unspecified atom stereocenters. The number of hydrogen-bond acceptors (Lipinski definition) is 1. The fraction of sp³-hybridized carbons (Fsp3) is 0.294. The second kappa shape index (κ2) is 5.49. The van der Waals surface area contributed by atoms with E-state index in [-0.39, 0.29) is 11.0 Å². The minimum absolute atomic E-state index is 0.143. The molecule has 0 saturated carbocycles. The largest absolute Gasteiger partial charge is 0.487 e. The van der Waals surface area contributed by atoms with Crippen molar-refractivity contribution in [2.75, 3.05) is 0 Å². The fourth-order valence-corrected chi connectivity index (χ4v) is 3.67. The van der Waals surface area contributed by atoms with Crippen LogP contribution in [-0.2, 0) is 6.42 Å². The topological polar surface area (TPSA) is 9.23 Å². The van der Waals surface area contributed by atoms with Crippen LogP contribution in [0.2, 0.25) is 5.02 Å². The van der Waals surface area contributed by atoms with Gasteiger partial charge < -0.3 is 4.74 Å². The Kier molecular flexibility index (Phi) is 3.98. The number of fused-ring (bicyclic) bond motifs is 1. The van der Waals surface area contributed by atoms with E-state index in [1.807, 2.05) is 30.3 Å². The first-order chi connectivity index (χ1) is 9.87. The summed E-state index contributed by atoms with van der Waals surface area (Å²) in [5.41, 5.74) is 3.01. The van der Waals surface area contributed by atoms with Crippen molar-refractivity contribution >= 4 is 39.1 Å². The van der Waals surface area contributed by atoms with Gasteiger partial charge in [0, 0.05) is 10.9 Å². The van der Waals surface area contributed by atoms with Gasteiger partial charge in [-0.05, 0) is 58.6 Å². The molecule has 1 heterocycles. The normalized spacial score (nSPS) is 17.2. The van der Waals surface area contributed by atoms with E-state index in [0.717, 1.165) is 27.8 Å². The number of benzene rings is 2. The Morgan fingerprint density at radius 2 is 2.00 bits per heavy atom.